The van der Waals surface area contributed by atoms with E-state index in [0.717, 1.165) is 34.4 Å². The minimum Gasteiger partial charge on any atom is -0.350 e. The Morgan fingerprint density at radius 3 is 2.71 bits per heavy atom. The summed E-state index contributed by atoms with van der Waals surface area (Å²) in [5, 5.41) is 3.69. The Bertz CT molecular complexity index is 607. The molecule has 5 heteroatoms. The van der Waals surface area contributed by atoms with E-state index in [-0.39, 0.29) is 5.91 Å². The maximum atomic E-state index is 12.2. The highest BCUT2D eigenvalue weighted by Crippen LogP contribution is 2.15. The van der Waals surface area contributed by atoms with Crippen LogP contribution < -0.4 is 5.32 Å². The van der Waals surface area contributed by atoms with Gasteiger partial charge >= 0.3 is 0 Å². The SMILES string of the molecule is CCCn1cc(Br)cc1C(=O)NCCc1ccc(Cl)cc1. The Morgan fingerprint density at radius 2 is 2.05 bits per heavy atom. The van der Waals surface area contributed by atoms with Gasteiger partial charge in [0.05, 0.1) is 0 Å². The van der Waals surface area contributed by atoms with Gasteiger partial charge in [0.15, 0.2) is 0 Å². The van der Waals surface area contributed by atoms with E-state index in [2.05, 4.69) is 28.2 Å². The van der Waals surface area contributed by atoms with Crippen LogP contribution in [0.4, 0.5) is 0 Å². The van der Waals surface area contributed by atoms with Crippen LogP contribution in [0.3, 0.4) is 0 Å². The number of carbonyl (C=O) groups excluding carboxylic acids is 1. The first kappa shape index (κ1) is 16.1. The predicted octanol–water partition coefficient (Wildman–Crippen LogP) is 4.29. The molecule has 1 aromatic carbocycles. The smallest absolute Gasteiger partial charge is 0.267 e. The lowest BCUT2D eigenvalue weighted by atomic mass is 10.1. The summed E-state index contributed by atoms with van der Waals surface area (Å²) in [7, 11) is 0. The number of benzene rings is 1. The van der Waals surface area contributed by atoms with Crippen molar-refractivity contribution in [1.29, 1.82) is 0 Å². The molecule has 1 N–H and O–H groups in total. The maximum absolute atomic E-state index is 12.2. The van der Waals surface area contributed by atoms with Gasteiger partial charge in [0.1, 0.15) is 5.69 Å². The Morgan fingerprint density at radius 1 is 1.33 bits per heavy atom. The maximum Gasteiger partial charge on any atom is 0.267 e. The summed E-state index contributed by atoms with van der Waals surface area (Å²) in [5.74, 6) is -0.0388. The van der Waals surface area contributed by atoms with Gasteiger partial charge in [-0.2, -0.15) is 0 Å². The number of nitrogens with zero attached hydrogens (tertiary/aromatic N) is 1. The summed E-state index contributed by atoms with van der Waals surface area (Å²) in [5.41, 5.74) is 1.85. The van der Waals surface area contributed by atoms with Gasteiger partial charge in [0.2, 0.25) is 0 Å². The normalized spacial score (nSPS) is 10.6. The van der Waals surface area contributed by atoms with Crippen molar-refractivity contribution in [2.45, 2.75) is 26.3 Å². The zero-order chi connectivity index (χ0) is 15.2. The molecule has 2 rings (SSSR count). The highest BCUT2D eigenvalue weighted by atomic mass is 79.9. The Balaban J connectivity index is 1.91. The molecule has 2 aromatic rings. The van der Waals surface area contributed by atoms with Crippen molar-refractivity contribution in [2.75, 3.05) is 6.54 Å². The molecule has 1 aromatic heterocycles. The van der Waals surface area contributed by atoms with E-state index in [1.54, 1.807) is 0 Å². The number of aromatic nitrogens is 1. The van der Waals surface area contributed by atoms with Gasteiger partial charge < -0.3 is 9.88 Å². The molecular weight excluding hydrogens is 352 g/mol. The molecule has 0 fully saturated rings. The van der Waals surface area contributed by atoms with Crippen LogP contribution in [0.2, 0.25) is 5.02 Å². The second-order valence-corrected chi connectivity index (χ2v) is 6.22. The minimum absolute atomic E-state index is 0.0388. The zero-order valence-electron chi connectivity index (χ0n) is 11.9. The second-order valence-electron chi connectivity index (χ2n) is 4.87. The fraction of sp³-hybridized carbons (Fsp3) is 0.312. The molecule has 0 radical (unpaired) electrons. The monoisotopic (exact) mass is 368 g/mol. The number of halogens is 2. The third kappa shape index (κ3) is 4.61. The van der Waals surface area contributed by atoms with E-state index in [1.807, 2.05) is 41.1 Å². The van der Waals surface area contributed by atoms with Gasteiger partial charge in [-0.05, 0) is 52.5 Å². The molecule has 1 amide bonds. The van der Waals surface area contributed by atoms with Crippen molar-refractivity contribution in [3.05, 3.63) is 57.3 Å². The summed E-state index contributed by atoms with van der Waals surface area (Å²) in [4.78, 5) is 12.2. The van der Waals surface area contributed by atoms with E-state index in [9.17, 15) is 4.79 Å². The van der Waals surface area contributed by atoms with Crippen molar-refractivity contribution >= 4 is 33.4 Å². The summed E-state index contributed by atoms with van der Waals surface area (Å²) >= 11 is 9.27. The number of carbonyl (C=O) groups is 1. The van der Waals surface area contributed by atoms with Crippen molar-refractivity contribution in [1.82, 2.24) is 9.88 Å². The lowest BCUT2D eigenvalue weighted by molar-refractivity contribution is 0.0944. The molecule has 0 saturated carbocycles. The largest absolute Gasteiger partial charge is 0.350 e. The number of nitrogens with one attached hydrogen (secondary N) is 1. The molecule has 3 nitrogen and oxygen atoms in total. The molecule has 0 bridgehead atoms. The van der Waals surface area contributed by atoms with Crippen LogP contribution in [0.5, 0.6) is 0 Å². The zero-order valence-corrected chi connectivity index (χ0v) is 14.2. The third-order valence-corrected chi connectivity index (χ3v) is 3.86. The molecular formula is C16H18BrClN2O. The summed E-state index contributed by atoms with van der Waals surface area (Å²) < 4.78 is 2.90. The van der Waals surface area contributed by atoms with Gasteiger partial charge in [0.25, 0.3) is 5.91 Å². The first-order chi connectivity index (χ1) is 10.1. The van der Waals surface area contributed by atoms with E-state index in [4.69, 9.17) is 11.6 Å². The van der Waals surface area contributed by atoms with Crippen molar-refractivity contribution in [3.8, 4) is 0 Å². The summed E-state index contributed by atoms with van der Waals surface area (Å²) in [6.07, 6.45) is 3.72. The van der Waals surface area contributed by atoms with E-state index in [0.29, 0.717) is 12.2 Å². The highest BCUT2D eigenvalue weighted by Gasteiger charge is 2.12. The molecule has 21 heavy (non-hydrogen) atoms. The fourth-order valence-electron chi connectivity index (χ4n) is 2.15. The molecule has 0 aliphatic carbocycles. The average molecular weight is 370 g/mol. The van der Waals surface area contributed by atoms with E-state index < -0.39 is 0 Å². The topological polar surface area (TPSA) is 34.0 Å². The van der Waals surface area contributed by atoms with Crippen molar-refractivity contribution < 1.29 is 4.79 Å². The van der Waals surface area contributed by atoms with Gasteiger partial charge in [-0.3, -0.25) is 4.79 Å². The summed E-state index contributed by atoms with van der Waals surface area (Å²) in [6.45, 7) is 3.54. The second kappa shape index (κ2) is 7.66. The molecule has 0 unspecified atom stereocenters. The van der Waals surface area contributed by atoms with Crippen LogP contribution in [-0.4, -0.2) is 17.0 Å². The molecule has 0 saturated heterocycles. The molecule has 0 aliphatic heterocycles. The van der Waals surface area contributed by atoms with Crippen LogP contribution in [0.25, 0.3) is 0 Å². The van der Waals surface area contributed by atoms with Crippen molar-refractivity contribution in [3.63, 3.8) is 0 Å². The number of rotatable bonds is 6. The van der Waals surface area contributed by atoms with Crippen LogP contribution in [-0.2, 0) is 13.0 Å². The molecule has 0 aliphatic rings. The predicted molar refractivity (Wildman–Crippen MR) is 89.9 cm³/mol. The van der Waals surface area contributed by atoms with Crippen LogP contribution in [0, 0.1) is 0 Å². The standard InChI is InChI=1S/C16H18BrClN2O/c1-2-9-20-11-13(17)10-15(20)16(21)19-8-7-12-3-5-14(18)6-4-12/h3-6,10-11H,2,7-9H2,1H3,(H,19,21). The lowest BCUT2D eigenvalue weighted by Crippen LogP contribution is -2.27. The first-order valence-electron chi connectivity index (χ1n) is 6.98. The number of aryl methyl sites for hydroxylation is 1. The number of hydrogen-bond donors (Lipinski definition) is 1. The Kier molecular flexibility index (Phi) is 5.88. The third-order valence-electron chi connectivity index (χ3n) is 3.17. The number of hydrogen-bond acceptors (Lipinski definition) is 1. The van der Waals surface area contributed by atoms with Gasteiger partial charge in [-0.1, -0.05) is 30.7 Å². The highest BCUT2D eigenvalue weighted by molar-refractivity contribution is 9.10. The quantitative estimate of drug-likeness (QED) is 0.810. The van der Waals surface area contributed by atoms with Gasteiger partial charge in [-0.25, -0.2) is 0 Å². The van der Waals surface area contributed by atoms with E-state index in [1.165, 1.54) is 0 Å². The van der Waals surface area contributed by atoms with Crippen LogP contribution in [0.1, 0.15) is 29.4 Å². The first-order valence-corrected chi connectivity index (χ1v) is 8.15. The molecule has 112 valence electrons. The van der Waals surface area contributed by atoms with Crippen LogP contribution >= 0.6 is 27.5 Å². The molecule has 1 heterocycles. The van der Waals surface area contributed by atoms with E-state index >= 15 is 0 Å². The van der Waals surface area contributed by atoms with Crippen molar-refractivity contribution in [2.24, 2.45) is 0 Å². The fourth-order valence-corrected chi connectivity index (χ4v) is 2.74. The minimum atomic E-state index is -0.0388. The molecule has 0 atom stereocenters. The van der Waals surface area contributed by atoms with Gasteiger partial charge in [-0.15, -0.1) is 0 Å². The Hall–Kier alpha value is -1.26. The number of amides is 1. The Labute approximate surface area is 138 Å². The van der Waals surface area contributed by atoms with Crippen LogP contribution in [0.15, 0.2) is 41.0 Å². The summed E-state index contributed by atoms with van der Waals surface area (Å²) in [6, 6.07) is 9.54. The molecule has 0 spiro atoms. The average Bonchev–Trinajstić information content (AvgIpc) is 2.82. The lowest BCUT2D eigenvalue weighted by Gasteiger charge is -2.08. The van der Waals surface area contributed by atoms with Gasteiger partial charge in [0, 0.05) is 28.8 Å².